The summed E-state index contributed by atoms with van der Waals surface area (Å²) in [7, 11) is 1.88. The molecule has 0 saturated heterocycles. The first kappa shape index (κ1) is 15.2. The van der Waals surface area contributed by atoms with E-state index < -0.39 is 0 Å². The van der Waals surface area contributed by atoms with Gasteiger partial charge in [-0.05, 0) is 52.8 Å². The molecule has 2 N–H and O–H groups in total. The summed E-state index contributed by atoms with van der Waals surface area (Å²) in [6, 6.07) is 13.2. The number of hydrogen-bond acceptors (Lipinski definition) is 2. The maximum atomic E-state index is 12.3. The topological polar surface area (TPSA) is 41.1 Å². The van der Waals surface area contributed by atoms with Crippen molar-refractivity contribution in [2.75, 3.05) is 12.4 Å². The van der Waals surface area contributed by atoms with E-state index in [1.807, 2.05) is 43.4 Å². The Bertz CT molecular complexity index is 629. The van der Waals surface area contributed by atoms with Crippen LogP contribution in [0.4, 0.5) is 5.69 Å². The Labute approximate surface area is 135 Å². The summed E-state index contributed by atoms with van der Waals surface area (Å²) >= 11 is 6.78. The second-order valence-corrected chi connectivity index (χ2v) is 6.04. The van der Waals surface area contributed by atoms with Crippen molar-refractivity contribution in [1.82, 2.24) is 5.32 Å². The Hall–Kier alpha value is -1.17. The van der Waals surface area contributed by atoms with E-state index >= 15 is 0 Å². The normalized spacial score (nSPS) is 10.3. The van der Waals surface area contributed by atoms with E-state index in [9.17, 15) is 4.79 Å². The fraction of sp³-hybridized carbons (Fsp3) is 0.133. The van der Waals surface area contributed by atoms with Crippen LogP contribution in [0.2, 0.25) is 0 Å². The molecular formula is C15H14Br2N2O. The van der Waals surface area contributed by atoms with Crippen LogP contribution in [-0.2, 0) is 6.54 Å². The van der Waals surface area contributed by atoms with Gasteiger partial charge in [-0.3, -0.25) is 4.79 Å². The minimum absolute atomic E-state index is 0.132. The van der Waals surface area contributed by atoms with Gasteiger partial charge in [-0.25, -0.2) is 0 Å². The van der Waals surface area contributed by atoms with Crippen molar-refractivity contribution < 1.29 is 4.79 Å². The van der Waals surface area contributed by atoms with Crippen molar-refractivity contribution in [1.29, 1.82) is 0 Å². The van der Waals surface area contributed by atoms with Crippen LogP contribution in [0.1, 0.15) is 15.9 Å². The van der Waals surface area contributed by atoms with E-state index in [-0.39, 0.29) is 5.91 Å². The van der Waals surface area contributed by atoms with Gasteiger partial charge in [0.15, 0.2) is 0 Å². The molecule has 0 radical (unpaired) electrons. The van der Waals surface area contributed by atoms with Crippen LogP contribution in [0.25, 0.3) is 0 Å². The molecule has 2 aromatic rings. The molecule has 0 spiro atoms. The van der Waals surface area contributed by atoms with Crippen LogP contribution in [0, 0.1) is 0 Å². The number of carbonyl (C=O) groups excluding carboxylic acids is 1. The Morgan fingerprint density at radius 3 is 2.60 bits per heavy atom. The van der Waals surface area contributed by atoms with Crippen LogP contribution in [0.15, 0.2) is 51.4 Å². The summed E-state index contributed by atoms with van der Waals surface area (Å²) in [5, 5.41) is 6.04. The van der Waals surface area contributed by atoms with E-state index in [2.05, 4.69) is 42.5 Å². The van der Waals surface area contributed by atoms with Gasteiger partial charge in [0.25, 0.3) is 5.91 Å². The lowest BCUT2D eigenvalue weighted by molar-refractivity contribution is 0.102. The summed E-state index contributed by atoms with van der Waals surface area (Å²) in [6.45, 7) is 0.706. The van der Waals surface area contributed by atoms with E-state index in [0.29, 0.717) is 12.1 Å². The average molecular weight is 398 g/mol. The molecule has 0 aliphatic heterocycles. The zero-order valence-electron chi connectivity index (χ0n) is 10.9. The number of benzene rings is 2. The molecule has 2 aromatic carbocycles. The molecule has 0 unspecified atom stereocenters. The Morgan fingerprint density at radius 1 is 1.15 bits per heavy atom. The molecule has 0 aliphatic carbocycles. The number of halogens is 2. The number of amides is 1. The smallest absolute Gasteiger partial charge is 0.256 e. The molecule has 0 aliphatic rings. The fourth-order valence-electron chi connectivity index (χ4n) is 1.85. The predicted octanol–water partition coefficient (Wildman–Crippen LogP) is 4.18. The summed E-state index contributed by atoms with van der Waals surface area (Å²) in [4.78, 5) is 12.3. The number of carbonyl (C=O) groups is 1. The first-order valence-electron chi connectivity index (χ1n) is 6.10. The van der Waals surface area contributed by atoms with E-state index in [1.165, 1.54) is 0 Å². The van der Waals surface area contributed by atoms with Gasteiger partial charge in [-0.2, -0.15) is 0 Å². The highest BCUT2D eigenvalue weighted by molar-refractivity contribution is 9.11. The lowest BCUT2D eigenvalue weighted by Gasteiger charge is -2.11. The summed E-state index contributed by atoms with van der Waals surface area (Å²) in [6.07, 6.45) is 0. The third kappa shape index (κ3) is 3.69. The molecule has 0 fully saturated rings. The molecule has 0 heterocycles. The van der Waals surface area contributed by atoms with E-state index in [1.54, 1.807) is 6.07 Å². The van der Waals surface area contributed by atoms with Gasteiger partial charge in [0.05, 0.1) is 5.56 Å². The fourth-order valence-corrected chi connectivity index (χ4v) is 3.08. The number of para-hydroxylation sites is 1. The lowest BCUT2D eigenvalue weighted by atomic mass is 10.1. The van der Waals surface area contributed by atoms with Crippen molar-refractivity contribution in [2.45, 2.75) is 6.54 Å². The van der Waals surface area contributed by atoms with Gasteiger partial charge < -0.3 is 10.6 Å². The molecule has 5 heteroatoms. The Kier molecular flexibility index (Phi) is 5.34. The van der Waals surface area contributed by atoms with Gasteiger partial charge in [0.1, 0.15) is 0 Å². The molecule has 0 saturated carbocycles. The molecule has 20 heavy (non-hydrogen) atoms. The number of anilines is 1. The van der Waals surface area contributed by atoms with Crippen molar-refractivity contribution in [3.8, 4) is 0 Å². The highest BCUT2D eigenvalue weighted by atomic mass is 79.9. The van der Waals surface area contributed by atoms with Gasteiger partial charge in [-0.15, -0.1) is 0 Å². The van der Waals surface area contributed by atoms with Crippen LogP contribution < -0.4 is 10.6 Å². The zero-order valence-corrected chi connectivity index (χ0v) is 14.1. The maximum absolute atomic E-state index is 12.3. The van der Waals surface area contributed by atoms with Gasteiger partial charge in [0.2, 0.25) is 0 Å². The second kappa shape index (κ2) is 7.02. The van der Waals surface area contributed by atoms with Gasteiger partial charge in [-0.1, -0.05) is 34.1 Å². The van der Waals surface area contributed by atoms with Gasteiger partial charge in [0, 0.05) is 21.2 Å². The molecule has 0 aromatic heterocycles. The lowest BCUT2D eigenvalue weighted by Crippen LogP contribution is -2.15. The zero-order chi connectivity index (χ0) is 14.5. The van der Waals surface area contributed by atoms with Crippen molar-refractivity contribution in [2.24, 2.45) is 0 Å². The number of rotatable bonds is 4. The van der Waals surface area contributed by atoms with Crippen LogP contribution in [-0.4, -0.2) is 13.0 Å². The first-order chi connectivity index (χ1) is 9.61. The predicted molar refractivity (Wildman–Crippen MR) is 89.0 cm³/mol. The average Bonchev–Trinajstić information content (AvgIpc) is 2.41. The molecule has 3 nitrogen and oxygen atoms in total. The Balaban J connectivity index is 2.23. The third-order valence-corrected chi connectivity index (χ3v) is 3.96. The van der Waals surface area contributed by atoms with E-state index in [4.69, 9.17) is 0 Å². The molecular weight excluding hydrogens is 384 g/mol. The van der Waals surface area contributed by atoms with Crippen LogP contribution in [0.3, 0.4) is 0 Å². The largest absolute Gasteiger partial charge is 0.322 e. The molecule has 2 rings (SSSR count). The minimum Gasteiger partial charge on any atom is -0.322 e. The highest BCUT2D eigenvalue weighted by Gasteiger charge is 2.12. The summed E-state index contributed by atoms with van der Waals surface area (Å²) in [5.74, 6) is -0.132. The molecule has 0 bridgehead atoms. The third-order valence-electron chi connectivity index (χ3n) is 2.81. The first-order valence-corrected chi connectivity index (χ1v) is 7.69. The van der Waals surface area contributed by atoms with Crippen molar-refractivity contribution in [3.05, 3.63) is 62.5 Å². The van der Waals surface area contributed by atoms with E-state index in [0.717, 1.165) is 20.2 Å². The Morgan fingerprint density at radius 2 is 1.90 bits per heavy atom. The summed E-state index contributed by atoms with van der Waals surface area (Å²) < 4.78 is 1.69. The van der Waals surface area contributed by atoms with Crippen molar-refractivity contribution in [3.63, 3.8) is 0 Å². The number of nitrogens with one attached hydrogen (secondary N) is 2. The molecule has 1 amide bonds. The quantitative estimate of drug-likeness (QED) is 0.812. The SMILES string of the molecule is CNCc1ccccc1NC(=O)c1ccc(Br)cc1Br. The monoisotopic (exact) mass is 396 g/mol. The summed E-state index contributed by atoms with van der Waals surface area (Å²) in [5.41, 5.74) is 2.48. The molecule has 104 valence electrons. The number of hydrogen-bond donors (Lipinski definition) is 2. The van der Waals surface area contributed by atoms with Crippen LogP contribution >= 0.6 is 31.9 Å². The maximum Gasteiger partial charge on any atom is 0.256 e. The molecule has 0 atom stereocenters. The standard InChI is InChI=1S/C15H14Br2N2O/c1-18-9-10-4-2-3-5-14(10)19-15(20)12-7-6-11(16)8-13(12)17/h2-8,18H,9H2,1H3,(H,19,20). The van der Waals surface area contributed by atoms with Crippen LogP contribution in [0.5, 0.6) is 0 Å². The second-order valence-electron chi connectivity index (χ2n) is 4.27. The van der Waals surface area contributed by atoms with Gasteiger partial charge >= 0.3 is 0 Å². The van der Waals surface area contributed by atoms with Crippen molar-refractivity contribution >= 4 is 43.5 Å². The minimum atomic E-state index is -0.132. The highest BCUT2D eigenvalue weighted by Crippen LogP contribution is 2.23.